The molecule has 3 aromatic carbocycles. The SMILES string of the molecule is Cc1ccccc1OCC(=O)Nc1ccc2c(c1)C(=O)N(c1ccccc1)C2=O. The van der Waals surface area contributed by atoms with Gasteiger partial charge in [-0.3, -0.25) is 14.4 Å². The third kappa shape index (κ3) is 3.60. The Morgan fingerprint density at radius 1 is 0.897 bits per heavy atom. The van der Waals surface area contributed by atoms with Gasteiger partial charge in [-0.25, -0.2) is 4.90 Å². The average molecular weight is 386 g/mol. The highest BCUT2D eigenvalue weighted by Crippen LogP contribution is 2.30. The lowest BCUT2D eigenvalue weighted by Gasteiger charge is -2.13. The van der Waals surface area contributed by atoms with Crippen molar-refractivity contribution in [1.82, 2.24) is 0 Å². The fourth-order valence-electron chi connectivity index (χ4n) is 3.19. The summed E-state index contributed by atoms with van der Waals surface area (Å²) in [6.45, 7) is 1.74. The van der Waals surface area contributed by atoms with Gasteiger partial charge in [-0.2, -0.15) is 0 Å². The van der Waals surface area contributed by atoms with Crippen molar-refractivity contribution >= 4 is 29.1 Å². The second-order valence-corrected chi connectivity index (χ2v) is 6.64. The molecule has 0 aliphatic carbocycles. The number of ether oxygens (including phenoxy) is 1. The molecule has 0 unspecified atom stereocenters. The quantitative estimate of drug-likeness (QED) is 0.677. The number of benzene rings is 3. The van der Waals surface area contributed by atoms with Gasteiger partial charge in [0.15, 0.2) is 6.61 Å². The van der Waals surface area contributed by atoms with Gasteiger partial charge in [-0.1, -0.05) is 36.4 Å². The Hall–Kier alpha value is -3.93. The van der Waals surface area contributed by atoms with E-state index in [1.54, 1.807) is 42.5 Å². The summed E-state index contributed by atoms with van der Waals surface area (Å²) in [5.41, 5.74) is 2.45. The largest absolute Gasteiger partial charge is 0.483 e. The molecule has 4 rings (SSSR count). The van der Waals surface area contributed by atoms with E-state index < -0.39 is 5.91 Å². The lowest BCUT2D eigenvalue weighted by molar-refractivity contribution is -0.118. The number of hydrogen-bond acceptors (Lipinski definition) is 4. The van der Waals surface area contributed by atoms with Crippen LogP contribution in [0.3, 0.4) is 0 Å². The van der Waals surface area contributed by atoms with Gasteiger partial charge >= 0.3 is 0 Å². The van der Waals surface area contributed by atoms with Crippen molar-refractivity contribution in [3.8, 4) is 5.75 Å². The number of fused-ring (bicyclic) bond motifs is 1. The molecule has 0 radical (unpaired) electrons. The topological polar surface area (TPSA) is 75.7 Å². The van der Waals surface area contributed by atoms with Gasteiger partial charge in [0.25, 0.3) is 17.7 Å². The maximum Gasteiger partial charge on any atom is 0.266 e. The summed E-state index contributed by atoms with van der Waals surface area (Å²) in [5, 5.41) is 2.71. The molecule has 1 aliphatic heterocycles. The first-order valence-corrected chi connectivity index (χ1v) is 9.11. The molecule has 3 aromatic rings. The molecule has 0 aromatic heterocycles. The number of carbonyl (C=O) groups excluding carboxylic acids is 3. The lowest BCUT2D eigenvalue weighted by atomic mass is 10.1. The van der Waals surface area contributed by atoms with Crippen molar-refractivity contribution in [3.63, 3.8) is 0 Å². The number of aryl methyl sites for hydroxylation is 1. The molecule has 1 aliphatic rings. The first kappa shape index (κ1) is 18.4. The Morgan fingerprint density at radius 3 is 2.34 bits per heavy atom. The van der Waals surface area contributed by atoms with E-state index in [4.69, 9.17) is 4.74 Å². The molecular formula is C23H18N2O4. The summed E-state index contributed by atoms with van der Waals surface area (Å²) >= 11 is 0. The summed E-state index contributed by atoms with van der Waals surface area (Å²) in [7, 11) is 0. The molecule has 144 valence electrons. The molecule has 0 atom stereocenters. The van der Waals surface area contributed by atoms with Gasteiger partial charge in [0.1, 0.15) is 5.75 Å². The number of amides is 3. The normalized spacial score (nSPS) is 12.7. The highest BCUT2D eigenvalue weighted by Gasteiger charge is 2.36. The van der Waals surface area contributed by atoms with Crippen molar-refractivity contribution in [2.45, 2.75) is 6.92 Å². The minimum absolute atomic E-state index is 0.162. The molecule has 0 fully saturated rings. The number of para-hydroxylation sites is 2. The third-order valence-corrected chi connectivity index (χ3v) is 4.64. The van der Waals surface area contributed by atoms with Crippen LogP contribution in [0.1, 0.15) is 26.3 Å². The Balaban J connectivity index is 1.48. The van der Waals surface area contributed by atoms with E-state index in [9.17, 15) is 14.4 Å². The molecule has 0 saturated heterocycles. The summed E-state index contributed by atoms with van der Waals surface area (Å²) in [5.74, 6) is -0.513. The smallest absolute Gasteiger partial charge is 0.266 e. The molecule has 0 spiro atoms. The minimum Gasteiger partial charge on any atom is -0.483 e. The molecular weight excluding hydrogens is 368 g/mol. The third-order valence-electron chi connectivity index (χ3n) is 4.64. The zero-order valence-corrected chi connectivity index (χ0v) is 15.7. The van der Waals surface area contributed by atoms with Gasteiger partial charge in [0.2, 0.25) is 0 Å². The van der Waals surface area contributed by atoms with Gasteiger partial charge in [-0.15, -0.1) is 0 Å². The van der Waals surface area contributed by atoms with Crippen LogP contribution in [-0.4, -0.2) is 24.3 Å². The Labute approximate surface area is 167 Å². The predicted octanol–water partition coefficient (Wildman–Crippen LogP) is 3.81. The fraction of sp³-hybridized carbons (Fsp3) is 0.0870. The van der Waals surface area contributed by atoms with E-state index in [2.05, 4.69) is 5.32 Å². The molecule has 0 saturated carbocycles. The number of hydrogen-bond donors (Lipinski definition) is 1. The Morgan fingerprint density at radius 2 is 1.59 bits per heavy atom. The fourth-order valence-corrected chi connectivity index (χ4v) is 3.19. The highest BCUT2D eigenvalue weighted by molar-refractivity contribution is 6.34. The van der Waals surface area contributed by atoms with E-state index in [0.717, 1.165) is 10.5 Å². The van der Waals surface area contributed by atoms with Crippen molar-refractivity contribution in [2.75, 3.05) is 16.8 Å². The van der Waals surface area contributed by atoms with E-state index >= 15 is 0 Å². The molecule has 3 amide bonds. The van der Waals surface area contributed by atoms with Crippen molar-refractivity contribution < 1.29 is 19.1 Å². The monoisotopic (exact) mass is 386 g/mol. The van der Waals surface area contributed by atoms with Crippen LogP contribution in [0.15, 0.2) is 72.8 Å². The molecule has 29 heavy (non-hydrogen) atoms. The standard InChI is InChI=1S/C23H18N2O4/c1-15-7-5-6-10-20(15)29-14-21(26)24-16-11-12-18-19(13-16)23(28)25(22(18)27)17-8-3-2-4-9-17/h2-13H,14H2,1H3,(H,24,26). The number of carbonyl (C=O) groups is 3. The van der Waals surface area contributed by atoms with Crippen LogP contribution in [0.5, 0.6) is 5.75 Å². The summed E-state index contributed by atoms with van der Waals surface area (Å²) in [6, 6.07) is 20.8. The van der Waals surface area contributed by atoms with Crippen molar-refractivity contribution in [2.24, 2.45) is 0 Å². The molecule has 0 bridgehead atoms. The van der Waals surface area contributed by atoms with Crippen LogP contribution in [-0.2, 0) is 4.79 Å². The van der Waals surface area contributed by atoms with Crippen LogP contribution in [0.4, 0.5) is 11.4 Å². The lowest BCUT2D eigenvalue weighted by Crippen LogP contribution is -2.29. The van der Waals surface area contributed by atoms with Gasteiger partial charge in [-0.05, 0) is 48.9 Å². The molecule has 6 nitrogen and oxygen atoms in total. The predicted molar refractivity (Wildman–Crippen MR) is 109 cm³/mol. The van der Waals surface area contributed by atoms with Crippen LogP contribution < -0.4 is 15.0 Å². The van der Waals surface area contributed by atoms with E-state index in [0.29, 0.717) is 22.7 Å². The molecule has 1 N–H and O–H groups in total. The zero-order valence-electron chi connectivity index (χ0n) is 15.7. The number of anilines is 2. The molecule has 6 heteroatoms. The number of nitrogens with one attached hydrogen (secondary N) is 1. The van der Waals surface area contributed by atoms with Crippen molar-refractivity contribution in [1.29, 1.82) is 0 Å². The number of nitrogens with zero attached hydrogens (tertiary/aromatic N) is 1. The first-order chi connectivity index (χ1) is 14.0. The maximum absolute atomic E-state index is 12.8. The zero-order chi connectivity index (χ0) is 20.4. The maximum atomic E-state index is 12.8. The second-order valence-electron chi connectivity index (χ2n) is 6.64. The number of imide groups is 1. The van der Waals surface area contributed by atoms with E-state index in [-0.39, 0.29) is 24.0 Å². The Bertz CT molecular complexity index is 1110. The van der Waals surface area contributed by atoms with Gasteiger partial charge in [0.05, 0.1) is 16.8 Å². The summed E-state index contributed by atoms with van der Waals surface area (Å²) in [4.78, 5) is 38.8. The van der Waals surface area contributed by atoms with E-state index in [1.807, 2.05) is 31.2 Å². The van der Waals surface area contributed by atoms with Crippen LogP contribution in [0.2, 0.25) is 0 Å². The highest BCUT2D eigenvalue weighted by atomic mass is 16.5. The van der Waals surface area contributed by atoms with Crippen LogP contribution >= 0.6 is 0 Å². The number of rotatable bonds is 5. The van der Waals surface area contributed by atoms with Crippen molar-refractivity contribution in [3.05, 3.63) is 89.5 Å². The second kappa shape index (κ2) is 7.59. The summed E-state index contributed by atoms with van der Waals surface area (Å²) < 4.78 is 5.54. The first-order valence-electron chi connectivity index (χ1n) is 9.11. The Kier molecular flexibility index (Phi) is 4.83. The minimum atomic E-state index is -0.413. The van der Waals surface area contributed by atoms with Crippen LogP contribution in [0, 0.1) is 6.92 Å². The average Bonchev–Trinajstić information content (AvgIpc) is 2.98. The van der Waals surface area contributed by atoms with Gasteiger partial charge in [0, 0.05) is 5.69 Å². The molecule has 1 heterocycles. The van der Waals surface area contributed by atoms with Crippen LogP contribution in [0.25, 0.3) is 0 Å². The van der Waals surface area contributed by atoms with E-state index in [1.165, 1.54) is 6.07 Å². The van der Waals surface area contributed by atoms with Gasteiger partial charge < -0.3 is 10.1 Å². The summed E-state index contributed by atoms with van der Waals surface area (Å²) in [6.07, 6.45) is 0.